The SMILES string of the molecule is Nc1nc(CC2(O)CCN(C(=O)c3ccc(NS(=O)(=O)c4cccc5scnc45)cc3)CC2)cs1. The molecule has 1 amide bonds. The second-order valence-corrected chi connectivity index (χ2v) is 11.9. The maximum Gasteiger partial charge on any atom is 0.264 e. The number of amides is 1. The van der Waals surface area contributed by atoms with Crippen molar-refractivity contribution < 1.29 is 18.3 Å². The van der Waals surface area contributed by atoms with E-state index in [2.05, 4.69) is 14.7 Å². The first-order valence-corrected chi connectivity index (χ1v) is 14.1. The molecule has 1 aliphatic rings. The van der Waals surface area contributed by atoms with Gasteiger partial charge >= 0.3 is 0 Å². The summed E-state index contributed by atoms with van der Waals surface area (Å²) in [5.74, 6) is -0.161. The monoisotopic (exact) mass is 529 g/mol. The zero-order valence-electron chi connectivity index (χ0n) is 18.5. The van der Waals surface area contributed by atoms with Crippen molar-refractivity contribution in [2.45, 2.75) is 29.8 Å². The lowest BCUT2D eigenvalue weighted by molar-refractivity contribution is -0.0167. The molecule has 9 nitrogen and oxygen atoms in total. The number of carbonyl (C=O) groups excluding carboxylic acids is 1. The second kappa shape index (κ2) is 9.19. The standard InChI is InChI=1S/C23H23N5O4S3/c24-22-26-17(13-33-22)12-23(30)8-10-28(11-9-23)21(29)15-4-6-16(7-5-15)27-35(31,32)19-3-1-2-18-20(19)25-14-34-18/h1-7,13-14,27,30H,8-12H2,(H2,24,26). The van der Waals surface area contributed by atoms with E-state index in [4.69, 9.17) is 5.73 Å². The number of rotatable bonds is 6. The fourth-order valence-corrected chi connectivity index (χ4v) is 6.76. The Labute approximate surface area is 210 Å². The topological polar surface area (TPSA) is 139 Å². The fourth-order valence-electron chi connectivity index (χ4n) is 4.19. The summed E-state index contributed by atoms with van der Waals surface area (Å²) in [6.07, 6.45) is 1.29. The van der Waals surface area contributed by atoms with E-state index in [1.54, 1.807) is 40.7 Å². The average Bonchev–Trinajstić information content (AvgIpc) is 3.47. The van der Waals surface area contributed by atoms with E-state index in [1.165, 1.54) is 28.7 Å². The van der Waals surface area contributed by atoms with Gasteiger partial charge in [0.2, 0.25) is 0 Å². The first kappa shape index (κ1) is 23.7. The lowest BCUT2D eigenvalue weighted by atomic mass is 9.87. The highest BCUT2D eigenvalue weighted by molar-refractivity contribution is 7.93. The van der Waals surface area contributed by atoms with Crippen molar-refractivity contribution in [2.75, 3.05) is 23.5 Å². The fraction of sp³-hybridized carbons (Fsp3) is 0.261. The lowest BCUT2D eigenvalue weighted by Crippen LogP contribution is -2.47. The molecule has 3 heterocycles. The molecule has 1 aliphatic heterocycles. The lowest BCUT2D eigenvalue weighted by Gasteiger charge is -2.38. The van der Waals surface area contributed by atoms with Crippen molar-refractivity contribution in [1.29, 1.82) is 0 Å². The van der Waals surface area contributed by atoms with Crippen LogP contribution in [0.1, 0.15) is 28.9 Å². The Morgan fingerprint density at radius 1 is 1.14 bits per heavy atom. The van der Waals surface area contributed by atoms with Gasteiger partial charge in [-0.25, -0.2) is 18.4 Å². The van der Waals surface area contributed by atoms with Crippen molar-refractivity contribution in [3.63, 3.8) is 0 Å². The number of anilines is 2. The highest BCUT2D eigenvalue weighted by Crippen LogP contribution is 2.29. The Bertz CT molecular complexity index is 1470. The van der Waals surface area contributed by atoms with Crippen LogP contribution in [-0.2, 0) is 16.4 Å². The van der Waals surface area contributed by atoms with Gasteiger partial charge in [0.05, 0.1) is 21.5 Å². The molecule has 35 heavy (non-hydrogen) atoms. The number of likely N-dealkylation sites (tertiary alicyclic amines) is 1. The Hall–Kier alpha value is -3.06. The number of aromatic nitrogens is 2. The third kappa shape index (κ3) is 5.01. The Morgan fingerprint density at radius 3 is 2.57 bits per heavy atom. The van der Waals surface area contributed by atoms with Gasteiger partial charge in [0.1, 0.15) is 10.4 Å². The van der Waals surface area contributed by atoms with Gasteiger partial charge in [0.25, 0.3) is 15.9 Å². The van der Waals surface area contributed by atoms with Crippen LogP contribution in [0, 0.1) is 0 Å². The van der Waals surface area contributed by atoms with E-state index in [9.17, 15) is 18.3 Å². The van der Waals surface area contributed by atoms with Crippen LogP contribution in [0.25, 0.3) is 10.2 Å². The van der Waals surface area contributed by atoms with Crippen molar-refractivity contribution in [2.24, 2.45) is 0 Å². The molecule has 0 bridgehead atoms. The summed E-state index contributed by atoms with van der Waals surface area (Å²) >= 11 is 2.72. The molecule has 5 rings (SSSR count). The number of piperidine rings is 1. The third-order valence-electron chi connectivity index (χ3n) is 6.06. The molecule has 0 aliphatic carbocycles. The molecule has 0 unspecified atom stereocenters. The number of aliphatic hydroxyl groups is 1. The van der Waals surface area contributed by atoms with Crippen LogP contribution in [0.4, 0.5) is 10.8 Å². The normalized spacial score (nSPS) is 15.9. The number of fused-ring (bicyclic) bond motifs is 1. The van der Waals surface area contributed by atoms with E-state index >= 15 is 0 Å². The van der Waals surface area contributed by atoms with E-state index in [-0.39, 0.29) is 10.8 Å². The van der Waals surface area contributed by atoms with Crippen molar-refractivity contribution in [1.82, 2.24) is 14.9 Å². The maximum absolute atomic E-state index is 13.0. The van der Waals surface area contributed by atoms with Gasteiger partial charge in [0.15, 0.2) is 5.13 Å². The van der Waals surface area contributed by atoms with Gasteiger partial charge in [-0.2, -0.15) is 0 Å². The van der Waals surface area contributed by atoms with Crippen LogP contribution in [0.15, 0.2) is 58.3 Å². The molecule has 2 aromatic heterocycles. The second-order valence-electron chi connectivity index (χ2n) is 8.51. The number of carbonyl (C=O) groups is 1. The maximum atomic E-state index is 13.0. The number of benzene rings is 2. The van der Waals surface area contributed by atoms with Crippen molar-refractivity contribution in [3.05, 3.63) is 64.6 Å². The molecule has 0 atom stereocenters. The van der Waals surface area contributed by atoms with Crippen LogP contribution < -0.4 is 10.5 Å². The first-order chi connectivity index (χ1) is 16.7. The first-order valence-electron chi connectivity index (χ1n) is 10.9. The van der Waals surface area contributed by atoms with E-state index < -0.39 is 15.6 Å². The van der Waals surface area contributed by atoms with E-state index in [0.29, 0.717) is 54.3 Å². The minimum atomic E-state index is -3.84. The third-order valence-corrected chi connectivity index (χ3v) is 8.99. The predicted octanol–water partition coefficient (Wildman–Crippen LogP) is 3.35. The smallest absolute Gasteiger partial charge is 0.264 e. The van der Waals surface area contributed by atoms with Crippen LogP contribution in [0.5, 0.6) is 0 Å². The van der Waals surface area contributed by atoms with Gasteiger partial charge in [-0.15, -0.1) is 22.7 Å². The van der Waals surface area contributed by atoms with Gasteiger partial charge in [0, 0.05) is 36.1 Å². The minimum Gasteiger partial charge on any atom is -0.389 e. The number of sulfonamides is 1. The zero-order chi connectivity index (χ0) is 24.6. The quantitative estimate of drug-likeness (QED) is 0.348. The molecule has 1 fully saturated rings. The highest BCUT2D eigenvalue weighted by atomic mass is 32.2. The highest BCUT2D eigenvalue weighted by Gasteiger charge is 2.35. The molecule has 2 aromatic carbocycles. The number of nitrogens with zero attached hydrogens (tertiary/aromatic N) is 3. The molecule has 0 spiro atoms. The molecule has 4 N–H and O–H groups in total. The van der Waals surface area contributed by atoms with Crippen molar-refractivity contribution >= 4 is 59.6 Å². The summed E-state index contributed by atoms with van der Waals surface area (Å²) in [4.78, 5) is 23.2. The summed E-state index contributed by atoms with van der Waals surface area (Å²) < 4.78 is 29.2. The van der Waals surface area contributed by atoms with Gasteiger partial charge in [-0.3, -0.25) is 9.52 Å². The number of nitrogens with two attached hydrogens (primary N) is 1. The minimum absolute atomic E-state index is 0.109. The summed E-state index contributed by atoms with van der Waals surface area (Å²) in [7, 11) is -3.84. The van der Waals surface area contributed by atoms with E-state index in [1.807, 2.05) is 11.4 Å². The molecule has 0 saturated carbocycles. The number of nitrogens with one attached hydrogen (secondary N) is 1. The Balaban J connectivity index is 1.23. The molecule has 1 saturated heterocycles. The molecular weight excluding hydrogens is 506 g/mol. The molecule has 12 heteroatoms. The summed E-state index contributed by atoms with van der Waals surface area (Å²) in [5, 5.41) is 13.2. The average molecular weight is 530 g/mol. The van der Waals surface area contributed by atoms with Crippen LogP contribution in [-0.4, -0.2) is 53.0 Å². The largest absolute Gasteiger partial charge is 0.389 e. The molecule has 4 aromatic rings. The number of para-hydroxylation sites is 1. The zero-order valence-corrected chi connectivity index (χ0v) is 21.0. The number of thiazole rings is 2. The van der Waals surface area contributed by atoms with E-state index in [0.717, 1.165) is 10.4 Å². The number of hydrogen-bond donors (Lipinski definition) is 3. The van der Waals surface area contributed by atoms with Crippen LogP contribution in [0.3, 0.4) is 0 Å². The van der Waals surface area contributed by atoms with Gasteiger partial charge in [-0.1, -0.05) is 6.07 Å². The number of hydrogen-bond acceptors (Lipinski definition) is 9. The van der Waals surface area contributed by atoms with Crippen LogP contribution >= 0.6 is 22.7 Å². The Kier molecular flexibility index (Phi) is 6.21. The predicted molar refractivity (Wildman–Crippen MR) is 137 cm³/mol. The van der Waals surface area contributed by atoms with Gasteiger partial charge < -0.3 is 15.7 Å². The Morgan fingerprint density at radius 2 is 1.89 bits per heavy atom. The van der Waals surface area contributed by atoms with Gasteiger partial charge in [-0.05, 0) is 49.2 Å². The molecular formula is C23H23N5O4S3. The summed E-state index contributed by atoms with van der Waals surface area (Å²) in [6, 6.07) is 11.4. The summed E-state index contributed by atoms with van der Waals surface area (Å²) in [6.45, 7) is 0.835. The molecule has 182 valence electrons. The summed E-state index contributed by atoms with van der Waals surface area (Å²) in [5.41, 5.74) is 8.37. The number of nitrogen functional groups attached to an aromatic ring is 1. The van der Waals surface area contributed by atoms with Crippen LogP contribution in [0.2, 0.25) is 0 Å². The van der Waals surface area contributed by atoms with Crippen molar-refractivity contribution in [3.8, 4) is 0 Å². The molecule has 0 radical (unpaired) electrons.